The van der Waals surface area contributed by atoms with Gasteiger partial charge in [-0.15, -0.1) is 0 Å². The Morgan fingerprint density at radius 2 is 1.64 bits per heavy atom. The summed E-state index contributed by atoms with van der Waals surface area (Å²) in [5.41, 5.74) is 2.81. The van der Waals surface area contributed by atoms with Crippen LogP contribution in [-0.2, 0) is 22.6 Å². The number of aryl methyl sites for hydroxylation is 2. The second-order valence-electron chi connectivity index (χ2n) is 5.74. The fourth-order valence-corrected chi connectivity index (χ4v) is 2.46. The average Bonchev–Trinajstić information content (AvgIpc) is 2.57. The summed E-state index contributed by atoms with van der Waals surface area (Å²) in [6, 6.07) is 12.6. The van der Waals surface area contributed by atoms with Crippen molar-refractivity contribution in [3.8, 4) is 5.75 Å². The van der Waals surface area contributed by atoms with Gasteiger partial charge in [0.05, 0.1) is 0 Å². The van der Waals surface area contributed by atoms with Crippen LogP contribution in [0.5, 0.6) is 5.75 Å². The van der Waals surface area contributed by atoms with Crippen LogP contribution in [0.2, 0.25) is 0 Å². The molecule has 0 aromatic heterocycles. The Balaban J connectivity index is 2.01. The maximum absolute atomic E-state index is 11.9. The largest absolute Gasteiger partial charge is 0.514 e. The van der Waals surface area contributed by atoms with Crippen molar-refractivity contribution in [3.05, 3.63) is 64.7 Å². The zero-order valence-electron chi connectivity index (χ0n) is 14.1. The number of aliphatic carboxylic acids is 1. The van der Waals surface area contributed by atoms with Gasteiger partial charge in [0.15, 0.2) is 6.10 Å². The highest BCUT2D eigenvalue weighted by atomic mass is 16.7. The normalized spacial score (nSPS) is 11.6. The van der Waals surface area contributed by atoms with Gasteiger partial charge in [-0.1, -0.05) is 42.5 Å². The highest BCUT2D eigenvalue weighted by Gasteiger charge is 2.17. The zero-order valence-corrected chi connectivity index (χ0v) is 14.1. The third-order valence-electron chi connectivity index (χ3n) is 3.62. The molecule has 6 nitrogen and oxygen atoms in total. The standard InChI is InChI=1S/C19H20O6/c1-12-8-15(10-16(20)18(21)22)9-13(2)17(12)25-19(23)24-11-14-6-4-3-5-7-14/h3-9,16,20H,10-11H2,1-2H3,(H,21,22)/t16-/m1/s1. The van der Waals surface area contributed by atoms with Crippen molar-refractivity contribution in [2.45, 2.75) is 33.0 Å². The first-order valence-electron chi connectivity index (χ1n) is 7.76. The van der Waals surface area contributed by atoms with Crippen LogP contribution in [0.1, 0.15) is 22.3 Å². The van der Waals surface area contributed by atoms with Crippen LogP contribution < -0.4 is 4.74 Å². The van der Waals surface area contributed by atoms with Gasteiger partial charge in [0.25, 0.3) is 0 Å². The first-order chi connectivity index (χ1) is 11.9. The molecule has 25 heavy (non-hydrogen) atoms. The molecule has 0 unspecified atom stereocenters. The Hall–Kier alpha value is -2.86. The second-order valence-corrected chi connectivity index (χ2v) is 5.74. The van der Waals surface area contributed by atoms with Crippen molar-refractivity contribution in [1.82, 2.24) is 0 Å². The first-order valence-corrected chi connectivity index (χ1v) is 7.76. The molecule has 0 aliphatic rings. The summed E-state index contributed by atoms with van der Waals surface area (Å²) in [4.78, 5) is 22.6. The van der Waals surface area contributed by atoms with E-state index in [1.165, 1.54) is 0 Å². The van der Waals surface area contributed by atoms with E-state index < -0.39 is 18.2 Å². The van der Waals surface area contributed by atoms with Crippen LogP contribution in [0.25, 0.3) is 0 Å². The molecule has 0 spiro atoms. The van der Waals surface area contributed by atoms with Gasteiger partial charge in [-0.3, -0.25) is 0 Å². The second kappa shape index (κ2) is 8.30. The highest BCUT2D eigenvalue weighted by molar-refractivity contribution is 5.72. The molecule has 0 bridgehead atoms. The van der Waals surface area contributed by atoms with E-state index in [4.69, 9.17) is 14.6 Å². The van der Waals surface area contributed by atoms with Crippen molar-refractivity contribution in [1.29, 1.82) is 0 Å². The average molecular weight is 344 g/mol. The summed E-state index contributed by atoms with van der Waals surface area (Å²) in [5.74, 6) is -0.910. The summed E-state index contributed by atoms with van der Waals surface area (Å²) in [6.45, 7) is 3.59. The van der Waals surface area contributed by atoms with Crippen molar-refractivity contribution in [2.75, 3.05) is 0 Å². The summed E-state index contributed by atoms with van der Waals surface area (Å²) >= 11 is 0. The predicted octanol–water partition coefficient (Wildman–Crippen LogP) is 3.01. The SMILES string of the molecule is Cc1cc(C[C@@H](O)C(=O)O)cc(C)c1OC(=O)OCc1ccccc1. The molecule has 6 heteroatoms. The minimum atomic E-state index is -1.47. The lowest BCUT2D eigenvalue weighted by Gasteiger charge is -2.14. The van der Waals surface area contributed by atoms with Gasteiger partial charge in [0.1, 0.15) is 12.4 Å². The highest BCUT2D eigenvalue weighted by Crippen LogP contribution is 2.26. The number of aliphatic hydroxyl groups is 1. The molecule has 0 heterocycles. The maximum Gasteiger partial charge on any atom is 0.514 e. The van der Waals surface area contributed by atoms with Crippen molar-refractivity contribution >= 4 is 12.1 Å². The van der Waals surface area contributed by atoms with Gasteiger partial charge in [-0.05, 0) is 36.1 Å². The molecular formula is C19H20O6. The third-order valence-corrected chi connectivity index (χ3v) is 3.62. The van der Waals surface area contributed by atoms with Crippen LogP contribution in [0.3, 0.4) is 0 Å². The number of carboxylic acid groups (broad SMARTS) is 1. The number of carbonyl (C=O) groups is 2. The molecule has 2 rings (SSSR count). The first kappa shape index (κ1) is 18.5. The zero-order chi connectivity index (χ0) is 18.4. The maximum atomic E-state index is 11.9. The number of hydrogen-bond acceptors (Lipinski definition) is 5. The van der Waals surface area contributed by atoms with Gasteiger partial charge in [-0.25, -0.2) is 9.59 Å². The number of ether oxygens (including phenoxy) is 2. The summed E-state index contributed by atoms with van der Waals surface area (Å²) < 4.78 is 10.4. The quantitative estimate of drug-likeness (QED) is 0.618. The number of rotatable bonds is 6. The fraction of sp³-hybridized carbons (Fsp3) is 0.263. The van der Waals surface area contributed by atoms with E-state index in [1.54, 1.807) is 26.0 Å². The lowest BCUT2D eigenvalue weighted by atomic mass is 10.0. The van der Waals surface area contributed by atoms with Crippen LogP contribution in [0.15, 0.2) is 42.5 Å². The molecule has 2 aromatic carbocycles. The molecule has 0 saturated carbocycles. The van der Waals surface area contributed by atoms with Gasteiger partial charge in [-0.2, -0.15) is 0 Å². The number of carbonyl (C=O) groups excluding carboxylic acids is 1. The van der Waals surface area contributed by atoms with Gasteiger partial charge < -0.3 is 19.7 Å². The molecular weight excluding hydrogens is 324 g/mol. The monoisotopic (exact) mass is 344 g/mol. The minimum Gasteiger partial charge on any atom is -0.479 e. The number of hydrogen-bond donors (Lipinski definition) is 2. The Kier molecular flexibility index (Phi) is 6.14. The molecule has 0 saturated heterocycles. The Morgan fingerprint density at radius 1 is 1.04 bits per heavy atom. The molecule has 2 aromatic rings. The summed E-state index contributed by atoms with van der Waals surface area (Å²) in [5, 5.41) is 18.2. The van der Waals surface area contributed by atoms with E-state index in [9.17, 15) is 14.7 Å². The van der Waals surface area contributed by atoms with Crippen molar-refractivity contribution in [2.24, 2.45) is 0 Å². The van der Waals surface area contributed by atoms with E-state index in [0.29, 0.717) is 22.4 Å². The van der Waals surface area contributed by atoms with Crippen molar-refractivity contribution in [3.63, 3.8) is 0 Å². The van der Waals surface area contributed by atoms with Crippen molar-refractivity contribution < 1.29 is 29.3 Å². The minimum absolute atomic E-state index is 0.0181. The van der Waals surface area contributed by atoms with Gasteiger partial charge >= 0.3 is 12.1 Å². The van der Waals surface area contributed by atoms with Crippen LogP contribution in [-0.4, -0.2) is 28.4 Å². The molecule has 0 aliphatic carbocycles. The Labute approximate surface area is 145 Å². The lowest BCUT2D eigenvalue weighted by Crippen LogP contribution is -2.22. The smallest absolute Gasteiger partial charge is 0.479 e. The Bertz CT molecular complexity index is 731. The molecule has 0 fully saturated rings. The summed E-state index contributed by atoms with van der Waals surface area (Å²) in [6.07, 6.45) is -2.30. The molecule has 132 valence electrons. The number of aliphatic hydroxyl groups excluding tert-OH is 1. The predicted molar refractivity (Wildman–Crippen MR) is 90.5 cm³/mol. The molecule has 0 aliphatic heterocycles. The molecule has 1 atom stereocenters. The van der Waals surface area contributed by atoms with Gasteiger partial charge in [0.2, 0.25) is 0 Å². The van der Waals surface area contributed by atoms with E-state index in [0.717, 1.165) is 5.56 Å². The number of carboxylic acids is 1. The van der Waals surface area contributed by atoms with E-state index in [1.807, 2.05) is 30.3 Å². The number of benzene rings is 2. The third kappa shape index (κ3) is 5.32. The fourth-order valence-electron chi connectivity index (χ4n) is 2.46. The van der Waals surface area contributed by atoms with E-state index in [-0.39, 0.29) is 13.0 Å². The van der Waals surface area contributed by atoms with E-state index >= 15 is 0 Å². The van der Waals surface area contributed by atoms with Crippen LogP contribution in [0, 0.1) is 13.8 Å². The summed E-state index contributed by atoms with van der Waals surface area (Å²) in [7, 11) is 0. The van der Waals surface area contributed by atoms with Crippen LogP contribution in [0.4, 0.5) is 4.79 Å². The Morgan fingerprint density at radius 3 is 2.20 bits per heavy atom. The lowest BCUT2D eigenvalue weighted by molar-refractivity contribution is -0.146. The molecule has 0 amide bonds. The molecule has 0 radical (unpaired) electrons. The van der Waals surface area contributed by atoms with E-state index in [2.05, 4.69) is 0 Å². The molecule has 2 N–H and O–H groups in total. The van der Waals surface area contributed by atoms with Gasteiger partial charge in [0, 0.05) is 6.42 Å². The van der Waals surface area contributed by atoms with Crippen LogP contribution >= 0.6 is 0 Å². The topological polar surface area (TPSA) is 93.1 Å².